The van der Waals surface area contributed by atoms with Gasteiger partial charge in [0.15, 0.2) is 4.34 Å². The molecule has 2 N–H and O–H groups in total. The van der Waals surface area contributed by atoms with Crippen molar-refractivity contribution >= 4 is 44.6 Å². The van der Waals surface area contributed by atoms with E-state index in [1.165, 1.54) is 6.92 Å². The zero-order chi connectivity index (χ0) is 16.2. The van der Waals surface area contributed by atoms with E-state index in [-0.39, 0.29) is 15.1 Å². The number of sulfonamides is 1. The first-order chi connectivity index (χ1) is 9.65. The lowest BCUT2D eigenvalue weighted by atomic mass is 10.1. The number of thiophene rings is 1. The molecule has 0 amide bonds. The van der Waals surface area contributed by atoms with Crippen LogP contribution >= 0.6 is 22.9 Å². The van der Waals surface area contributed by atoms with Gasteiger partial charge in [-0.3, -0.25) is 14.9 Å². The second-order valence-electron chi connectivity index (χ2n) is 4.26. The molecule has 1 atom stereocenters. The molecule has 1 aromatic rings. The highest BCUT2D eigenvalue weighted by molar-refractivity contribution is 7.91. The Kier molecular flexibility index (Phi) is 6.08. The number of hydrogen-bond acceptors (Lipinski definition) is 6. The van der Waals surface area contributed by atoms with Gasteiger partial charge < -0.3 is 5.11 Å². The highest BCUT2D eigenvalue weighted by atomic mass is 35.5. The van der Waals surface area contributed by atoms with E-state index in [2.05, 4.69) is 4.72 Å². The molecule has 1 rings (SSSR count). The SMILES string of the molecule is CC(CCCNS(=O)(=O)c1cc([N+](=O)[O-])c(Cl)s1)C(=O)O. The van der Waals surface area contributed by atoms with E-state index in [1.54, 1.807) is 0 Å². The van der Waals surface area contributed by atoms with Crippen LogP contribution in [0.15, 0.2) is 10.3 Å². The first-order valence-electron chi connectivity index (χ1n) is 5.81. The molecule has 0 saturated carbocycles. The van der Waals surface area contributed by atoms with Gasteiger partial charge in [-0.05, 0) is 12.8 Å². The molecule has 0 radical (unpaired) electrons. The largest absolute Gasteiger partial charge is 0.481 e. The zero-order valence-corrected chi connectivity index (χ0v) is 13.3. The van der Waals surface area contributed by atoms with Crippen LogP contribution in [-0.4, -0.2) is 31.0 Å². The average Bonchev–Trinajstić information content (AvgIpc) is 2.77. The van der Waals surface area contributed by atoms with Gasteiger partial charge in [-0.2, -0.15) is 0 Å². The third-order valence-electron chi connectivity index (χ3n) is 2.64. The minimum Gasteiger partial charge on any atom is -0.481 e. The molecule has 118 valence electrons. The van der Waals surface area contributed by atoms with Gasteiger partial charge in [0.05, 0.1) is 10.8 Å². The van der Waals surface area contributed by atoms with E-state index in [0.717, 1.165) is 6.07 Å². The molecule has 0 saturated heterocycles. The maximum atomic E-state index is 11.9. The van der Waals surface area contributed by atoms with Crippen LogP contribution < -0.4 is 4.72 Å². The van der Waals surface area contributed by atoms with Crippen LogP contribution in [0.25, 0.3) is 0 Å². The molecule has 0 fully saturated rings. The van der Waals surface area contributed by atoms with Gasteiger partial charge in [0.2, 0.25) is 10.0 Å². The lowest BCUT2D eigenvalue weighted by Gasteiger charge is -2.06. The average molecular weight is 357 g/mol. The molecule has 0 aliphatic heterocycles. The van der Waals surface area contributed by atoms with Crippen molar-refractivity contribution in [3.63, 3.8) is 0 Å². The number of halogens is 1. The molecule has 0 bridgehead atoms. The van der Waals surface area contributed by atoms with Crippen LogP contribution in [0.4, 0.5) is 5.69 Å². The van der Waals surface area contributed by atoms with E-state index in [9.17, 15) is 23.3 Å². The number of nitrogens with zero attached hydrogens (tertiary/aromatic N) is 1. The Hall–Kier alpha value is -1.23. The van der Waals surface area contributed by atoms with Crippen LogP contribution in [0.5, 0.6) is 0 Å². The van der Waals surface area contributed by atoms with Gasteiger partial charge >= 0.3 is 5.97 Å². The number of rotatable bonds is 8. The van der Waals surface area contributed by atoms with Crippen molar-refractivity contribution in [1.82, 2.24) is 4.72 Å². The lowest BCUT2D eigenvalue weighted by molar-refractivity contribution is -0.384. The maximum absolute atomic E-state index is 11.9. The van der Waals surface area contributed by atoms with Gasteiger partial charge in [0.1, 0.15) is 4.21 Å². The molecule has 0 spiro atoms. The van der Waals surface area contributed by atoms with Crippen LogP contribution in [0.1, 0.15) is 19.8 Å². The highest BCUT2D eigenvalue weighted by Crippen LogP contribution is 2.36. The van der Waals surface area contributed by atoms with Crippen molar-refractivity contribution < 1.29 is 23.2 Å². The summed E-state index contributed by atoms with van der Waals surface area (Å²) >= 11 is 6.20. The van der Waals surface area contributed by atoms with Crippen LogP contribution in [0.2, 0.25) is 4.34 Å². The summed E-state index contributed by atoms with van der Waals surface area (Å²) in [6.07, 6.45) is 0.664. The van der Waals surface area contributed by atoms with Crippen molar-refractivity contribution in [3.05, 3.63) is 20.5 Å². The van der Waals surface area contributed by atoms with Crippen molar-refractivity contribution in [2.45, 2.75) is 24.0 Å². The number of carboxylic acids is 1. The van der Waals surface area contributed by atoms with Gasteiger partial charge in [-0.15, -0.1) is 11.3 Å². The smallest absolute Gasteiger partial charge is 0.306 e. The van der Waals surface area contributed by atoms with Crippen molar-refractivity contribution in [1.29, 1.82) is 0 Å². The first-order valence-corrected chi connectivity index (χ1v) is 8.49. The molecular formula is C10H13ClN2O6S2. The summed E-state index contributed by atoms with van der Waals surface area (Å²) in [4.78, 5) is 20.5. The third kappa shape index (κ3) is 4.92. The first kappa shape index (κ1) is 17.8. The Morgan fingerprint density at radius 3 is 2.71 bits per heavy atom. The summed E-state index contributed by atoms with van der Waals surface area (Å²) in [5.74, 6) is -1.51. The summed E-state index contributed by atoms with van der Waals surface area (Å²) in [7, 11) is -3.88. The van der Waals surface area contributed by atoms with Gasteiger partial charge in [0, 0.05) is 12.6 Å². The fourth-order valence-electron chi connectivity index (χ4n) is 1.40. The van der Waals surface area contributed by atoms with Gasteiger partial charge in [-0.25, -0.2) is 13.1 Å². The lowest BCUT2D eigenvalue weighted by Crippen LogP contribution is -2.24. The second kappa shape index (κ2) is 7.16. The molecule has 0 aliphatic carbocycles. The fourth-order valence-corrected chi connectivity index (χ4v) is 4.19. The molecule has 8 nitrogen and oxygen atoms in total. The molecule has 1 heterocycles. The predicted octanol–water partition coefficient (Wildman–Crippen LogP) is 2.09. The quantitative estimate of drug-likeness (QED) is 0.417. The maximum Gasteiger partial charge on any atom is 0.306 e. The highest BCUT2D eigenvalue weighted by Gasteiger charge is 2.25. The van der Waals surface area contributed by atoms with E-state index in [4.69, 9.17) is 16.7 Å². The predicted molar refractivity (Wildman–Crippen MR) is 77.2 cm³/mol. The molecule has 0 aliphatic rings. The summed E-state index contributed by atoms with van der Waals surface area (Å²) in [6.45, 7) is 1.57. The van der Waals surface area contributed by atoms with E-state index >= 15 is 0 Å². The summed E-state index contributed by atoms with van der Waals surface area (Å²) in [5, 5.41) is 19.3. The summed E-state index contributed by atoms with van der Waals surface area (Å²) in [5.41, 5.74) is -0.457. The molecule has 11 heteroatoms. The molecular weight excluding hydrogens is 344 g/mol. The third-order valence-corrected chi connectivity index (χ3v) is 5.91. The minimum atomic E-state index is -3.88. The number of carboxylic acid groups (broad SMARTS) is 1. The van der Waals surface area contributed by atoms with Crippen molar-refractivity contribution in [3.8, 4) is 0 Å². The van der Waals surface area contributed by atoms with E-state index in [1.807, 2.05) is 0 Å². The summed E-state index contributed by atoms with van der Waals surface area (Å²) < 4.78 is 25.6. The van der Waals surface area contributed by atoms with Gasteiger partial charge in [-0.1, -0.05) is 18.5 Å². The van der Waals surface area contributed by atoms with E-state index < -0.39 is 32.5 Å². The van der Waals surface area contributed by atoms with Gasteiger partial charge in [0.25, 0.3) is 5.69 Å². The number of nitro groups is 1. The molecule has 1 unspecified atom stereocenters. The van der Waals surface area contributed by atoms with Crippen LogP contribution in [-0.2, 0) is 14.8 Å². The van der Waals surface area contributed by atoms with Crippen LogP contribution in [0, 0.1) is 16.0 Å². The van der Waals surface area contributed by atoms with Crippen molar-refractivity contribution in [2.75, 3.05) is 6.54 Å². The topological polar surface area (TPSA) is 127 Å². The minimum absolute atomic E-state index is 0.0449. The Balaban J connectivity index is 2.64. The normalized spacial score (nSPS) is 13.0. The Morgan fingerprint density at radius 1 is 1.62 bits per heavy atom. The molecule has 21 heavy (non-hydrogen) atoms. The molecule has 0 aromatic carbocycles. The standard InChI is InChI=1S/C10H13ClN2O6S2/c1-6(10(14)15)3-2-4-12-21(18,19)8-5-7(13(16)17)9(11)20-8/h5-6,12H,2-4H2,1H3,(H,14,15). The van der Waals surface area contributed by atoms with Crippen molar-refractivity contribution in [2.24, 2.45) is 5.92 Å². The summed E-state index contributed by atoms with van der Waals surface area (Å²) in [6, 6.07) is 0.898. The Bertz CT molecular complexity index is 642. The number of nitrogens with one attached hydrogen (secondary N) is 1. The van der Waals surface area contributed by atoms with E-state index in [0.29, 0.717) is 24.2 Å². The number of carbonyl (C=O) groups is 1. The zero-order valence-electron chi connectivity index (χ0n) is 10.9. The second-order valence-corrected chi connectivity index (χ2v) is 7.91. The number of hydrogen-bond donors (Lipinski definition) is 2. The Morgan fingerprint density at radius 2 is 2.24 bits per heavy atom. The number of aliphatic carboxylic acids is 1. The van der Waals surface area contributed by atoms with Crippen LogP contribution in [0.3, 0.4) is 0 Å². The Labute approximate surface area is 129 Å². The monoisotopic (exact) mass is 356 g/mol. The molecule has 1 aromatic heterocycles. The fraction of sp³-hybridized carbons (Fsp3) is 0.500.